The summed E-state index contributed by atoms with van der Waals surface area (Å²) in [6.07, 6.45) is -4.45. The molecule has 152 valence electrons. The number of hydrogen-bond donors (Lipinski definition) is 0. The van der Waals surface area contributed by atoms with Crippen LogP contribution in [0.15, 0.2) is 35.5 Å². The van der Waals surface area contributed by atoms with Crippen LogP contribution in [0.4, 0.5) is 19.0 Å². The molecule has 1 saturated heterocycles. The molecule has 10 heteroatoms. The molecule has 0 radical (unpaired) electrons. The van der Waals surface area contributed by atoms with Crippen LogP contribution in [-0.2, 0) is 11.3 Å². The molecule has 1 atom stereocenters. The van der Waals surface area contributed by atoms with Gasteiger partial charge in [-0.1, -0.05) is 23.9 Å². The van der Waals surface area contributed by atoms with E-state index in [4.69, 9.17) is 14.2 Å². The summed E-state index contributed by atoms with van der Waals surface area (Å²) in [6, 6.07) is 8.94. The lowest BCUT2D eigenvalue weighted by Gasteiger charge is -2.34. The average Bonchev–Trinajstić information content (AvgIpc) is 2.72. The van der Waals surface area contributed by atoms with Gasteiger partial charge in [-0.15, -0.1) is 0 Å². The smallest absolute Gasteiger partial charge is 0.416 e. The maximum atomic E-state index is 13.0. The minimum absolute atomic E-state index is 0.0230. The number of ether oxygens (including phenoxy) is 3. The molecule has 6 nitrogen and oxygen atoms in total. The molecule has 1 fully saturated rings. The number of halogens is 3. The van der Waals surface area contributed by atoms with Crippen molar-refractivity contribution in [2.45, 2.75) is 24.0 Å². The first-order valence-electron chi connectivity index (χ1n) is 8.51. The SMILES string of the molecule is COc1ccc(COc2cc(N3CCOC(C(F)(F)F)C3)nc(SC)n2)cc1. The van der Waals surface area contributed by atoms with Gasteiger partial charge in [0.25, 0.3) is 0 Å². The minimum atomic E-state index is -4.41. The molecule has 1 aliphatic rings. The van der Waals surface area contributed by atoms with Crippen LogP contribution in [0.25, 0.3) is 0 Å². The molecule has 0 saturated carbocycles. The molecule has 2 heterocycles. The second-order valence-electron chi connectivity index (χ2n) is 6.03. The summed E-state index contributed by atoms with van der Waals surface area (Å²) in [4.78, 5) is 10.2. The maximum Gasteiger partial charge on any atom is 0.416 e. The molecule has 1 unspecified atom stereocenters. The van der Waals surface area contributed by atoms with E-state index in [2.05, 4.69) is 9.97 Å². The number of nitrogens with zero attached hydrogens (tertiary/aromatic N) is 3. The highest BCUT2D eigenvalue weighted by atomic mass is 32.2. The summed E-state index contributed by atoms with van der Waals surface area (Å²) >= 11 is 1.30. The van der Waals surface area contributed by atoms with E-state index in [0.717, 1.165) is 11.3 Å². The minimum Gasteiger partial charge on any atom is -0.497 e. The van der Waals surface area contributed by atoms with E-state index in [1.54, 1.807) is 24.3 Å². The van der Waals surface area contributed by atoms with Gasteiger partial charge in [0.1, 0.15) is 18.2 Å². The van der Waals surface area contributed by atoms with Crippen LogP contribution in [0.5, 0.6) is 11.6 Å². The van der Waals surface area contributed by atoms with E-state index in [1.165, 1.54) is 11.8 Å². The molecule has 0 bridgehead atoms. The van der Waals surface area contributed by atoms with Gasteiger partial charge in [0.2, 0.25) is 5.88 Å². The highest BCUT2D eigenvalue weighted by Gasteiger charge is 2.43. The first-order valence-corrected chi connectivity index (χ1v) is 9.73. The Labute approximate surface area is 165 Å². The molecule has 0 spiro atoms. The number of hydrogen-bond acceptors (Lipinski definition) is 7. The Kier molecular flexibility index (Phi) is 6.50. The summed E-state index contributed by atoms with van der Waals surface area (Å²) in [5, 5.41) is 0.428. The predicted octanol–water partition coefficient (Wildman–Crippen LogP) is 3.55. The van der Waals surface area contributed by atoms with Crippen molar-refractivity contribution in [1.82, 2.24) is 9.97 Å². The van der Waals surface area contributed by atoms with Crippen LogP contribution in [0.3, 0.4) is 0 Å². The number of thioether (sulfide) groups is 1. The van der Waals surface area contributed by atoms with Crippen molar-refractivity contribution >= 4 is 17.6 Å². The number of benzene rings is 1. The zero-order valence-corrected chi connectivity index (χ0v) is 16.2. The Hall–Kier alpha value is -2.20. The van der Waals surface area contributed by atoms with Crippen LogP contribution in [0.1, 0.15) is 5.56 Å². The van der Waals surface area contributed by atoms with Gasteiger partial charge >= 0.3 is 6.18 Å². The Morgan fingerprint density at radius 3 is 2.64 bits per heavy atom. The van der Waals surface area contributed by atoms with Crippen LogP contribution in [0.2, 0.25) is 0 Å². The lowest BCUT2D eigenvalue weighted by Crippen LogP contribution is -2.49. The van der Waals surface area contributed by atoms with Crippen molar-refractivity contribution in [3.05, 3.63) is 35.9 Å². The van der Waals surface area contributed by atoms with Crippen LogP contribution in [0, 0.1) is 0 Å². The standard InChI is InChI=1S/C18H20F3N3O3S/c1-25-13-5-3-12(4-6-13)11-27-16-9-15(22-17(23-16)28-2)24-7-8-26-14(10-24)18(19,20)21/h3-6,9,14H,7-8,10-11H2,1-2H3. The van der Waals surface area contributed by atoms with Crippen molar-refractivity contribution in [2.24, 2.45) is 0 Å². The van der Waals surface area contributed by atoms with Crippen molar-refractivity contribution in [1.29, 1.82) is 0 Å². The first-order chi connectivity index (χ1) is 13.4. The highest BCUT2D eigenvalue weighted by molar-refractivity contribution is 7.98. The fraction of sp³-hybridized carbons (Fsp3) is 0.444. The Morgan fingerprint density at radius 1 is 1.25 bits per heavy atom. The first kappa shape index (κ1) is 20.5. The number of aromatic nitrogens is 2. The normalized spacial score (nSPS) is 17.5. The van der Waals surface area contributed by atoms with Crippen LogP contribution in [-0.4, -0.2) is 55.3 Å². The van der Waals surface area contributed by atoms with E-state index in [1.807, 2.05) is 24.3 Å². The van der Waals surface area contributed by atoms with E-state index < -0.39 is 12.3 Å². The van der Waals surface area contributed by atoms with Crippen LogP contribution >= 0.6 is 11.8 Å². The summed E-state index contributed by atoms with van der Waals surface area (Å²) in [6.45, 7) is 0.245. The number of alkyl halides is 3. The lowest BCUT2D eigenvalue weighted by atomic mass is 10.2. The molecule has 0 aliphatic carbocycles. The van der Waals surface area contributed by atoms with Gasteiger partial charge in [-0.05, 0) is 24.0 Å². The molecular formula is C18H20F3N3O3S. The number of methoxy groups -OCH3 is 1. The zero-order chi connectivity index (χ0) is 20.1. The van der Waals surface area contributed by atoms with E-state index in [-0.39, 0.29) is 19.8 Å². The van der Waals surface area contributed by atoms with Gasteiger partial charge in [0.15, 0.2) is 11.3 Å². The molecular weight excluding hydrogens is 395 g/mol. The number of morpholine rings is 1. The van der Waals surface area contributed by atoms with Gasteiger partial charge in [0, 0.05) is 12.6 Å². The second-order valence-corrected chi connectivity index (χ2v) is 6.81. The monoisotopic (exact) mass is 415 g/mol. The number of anilines is 1. The second kappa shape index (κ2) is 8.87. The topological polar surface area (TPSA) is 56.7 Å². The fourth-order valence-electron chi connectivity index (χ4n) is 2.65. The van der Waals surface area contributed by atoms with Gasteiger partial charge in [-0.3, -0.25) is 0 Å². The zero-order valence-electron chi connectivity index (χ0n) is 15.4. The van der Waals surface area contributed by atoms with Crippen LogP contribution < -0.4 is 14.4 Å². The third-order valence-electron chi connectivity index (χ3n) is 4.15. The maximum absolute atomic E-state index is 13.0. The molecule has 1 aromatic heterocycles. The third kappa shape index (κ3) is 5.20. The van der Waals surface area contributed by atoms with Crippen molar-refractivity contribution in [3.8, 4) is 11.6 Å². The largest absolute Gasteiger partial charge is 0.497 e. The van der Waals surface area contributed by atoms with E-state index in [0.29, 0.717) is 23.4 Å². The molecule has 0 N–H and O–H groups in total. The molecule has 3 rings (SSSR count). The molecule has 2 aromatic rings. The Morgan fingerprint density at radius 2 is 2.00 bits per heavy atom. The Bertz CT molecular complexity index is 790. The van der Waals surface area contributed by atoms with E-state index >= 15 is 0 Å². The van der Waals surface area contributed by atoms with E-state index in [9.17, 15) is 13.2 Å². The molecule has 28 heavy (non-hydrogen) atoms. The Balaban J connectivity index is 1.74. The summed E-state index contributed by atoms with van der Waals surface area (Å²) < 4.78 is 54.7. The molecule has 0 amide bonds. The van der Waals surface area contributed by atoms with Gasteiger partial charge < -0.3 is 19.1 Å². The third-order valence-corrected chi connectivity index (χ3v) is 4.70. The number of rotatable bonds is 6. The average molecular weight is 415 g/mol. The molecule has 1 aromatic carbocycles. The quantitative estimate of drug-likeness (QED) is 0.528. The summed E-state index contributed by atoms with van der Waals surface area (Å²) in [7, 11) is 1.59. The summed E-state index contributed by atoms with van der Waals surface area (Å²) in [5.74, 6) is 1.44. The molecule has 1 aliphatic heterocycles. The van der Waals surface area contributed by atoms with Gasteiger partial charge in [-0.25, -0.2) is 4.98 Å². The van der Waals surface area contributed by atoms with Crippen molar-refractivity contribution < 1.29 is 27.4 Å². The van der Waals surface area contributed by atoms with Crippen molar-refractivity contribution in [3.63, 3.8) is 0 Å². The summed E-state index contributed by atoms with van der Waals surface area (Å²) in [5.41, 5.74) is 0.912. The van der Waals surface area contributed by atoms with Gasteiger partial charge in [0.05, 0.1) is 20.3 Å². The van der Waals surface area contributed by atoms with Crippen molar-refractivity contribution in [2.75, 3.05) is 38.0 Å². The lowest BCUT2D eigenvalue weighted by molar-refractivity contribution is -0.221. The predicted molar refractivity (Wildman–Crippen MR) is 99.1 cm³/mol. The highest BCUT2D eigenvalue weighted by Crippen LogP contribution is 2.29. The van der Waals surface area contributed by atoms with Gasteiger partial charge in [-0.2, -0.15) is 18.2 Å². The fourth-order valence-corrected chi connectivity index (χ4v) is 3.02.